The van der Waals surface area contributed by atoms with Crippen molar-refractivity contribution in [1.29, 1.82) is 0 Å². The van der Waals surface area contributed by atoms with Crippen molar-refractivity contribution in [3.8, 4) is 0 Å². The smallest absolute Gasteiger partial charge is 0.268 e. The van der Waals surface area contributed by atoms with Crippen LogP contribution in [0.2, 0.25) is 0 Å². The molecular formula is C25H20F2N2O2S. The van der Waals surface area contributed by atoms with Gasteiger partial charge in [0.05, 0.1) is 17.8 Å². The first-order valence-corrected chi connectivity index (χ1v) is 11.3. The predicted molar refractivity (Wildman–Crippen MR) is 120 cm³/mol. The molecule has 32 heavy (non-hydrogen) atoms. The summed E-state index contributed by atoms with van der Waals surface area (Å²) in [5.41, 5.74) is 2.93. The van der Waals surface area contributed by atoms with E-state index < -0.39 is 22.4 Å². The molecule has 1 fully saturated rings. The first-order valence-electron chi connectivity index (χ1n) is 10.3. The number of rotatable bonds is 3. The highest BCUT2D eigenvalue weighted by Gasteiger charge is 2.59. The molecule has 1 spiro atoms. The van der Waals surface area contributed by atoms with Crippen LogP contribution in [-0.2, 0) is 16.2 Å². The lowest BCUT2D eigenvalue weighted by Gasteiger charge is -2.33. The standard InChI is InChI=1S/C25H20F2N2O2S/c1-16-6-8-17(9-7-16)15-28-22-11-10-18(26)14-20(22)25(24(28)31)29(12-13-32-25)23(30)19-4-2-3-5-21(19)27/h2-11,14H,12-13,15H2,1H3/t25-/m0/s1. The molecule has 0 aromatic heterocycles. The minimum atomic E-state index is -1.42. The lowest BCUT2D eigenvalue weighted by Crippen LogP contribution is -2.50. The van der Waals surface area contributed by atoms with E-state index in [9.17, 15) is 18.4 Å². The minimum absolute atomic E-state index is 0.0999. The number of thioether (sulfide) groups is 1. The Labute approximate surface area is 188 Å². The molecule has 3 aromatic rings. The lowest BCUT2D eigenvalue weighted by atomic mass is 10.0. The van der Waals surface area contributed by atoms with Crippen LogP contribution in [0.25, 0.3) is 0 Å². The maximum absolute atomic E-state index is 14.4. The van der Waals surface area contributed by atoms with Crippen LogP contribution in [0.3, 0.4) is 0 Å². The Bertz CT molecular complexity index is 1230. The molecule has 2 aliphatic heterocycles. The third-order valence-electron chi connectivity index (χ3n) is 5.97. The number of halogens is 2. The second-order valence-corrected chi connectivity index (χ2v) is 9.26. The summed E-state index contributed by atoms with van der Waals surface area (Å²) >= 11 is 1.29. The fourth-order valence-corrected chi connectivity index (χ4v) is 5.85. The second kappa shape index (κ2) is 7.74. The number of anilines is 1. The number of fused-ring (bicyclic) bond motifs is 2. The Morgan fingerprint density at radius 3 is 2.56 bits per heavy atom. The summed E-state index contributed by atoms with van der Waals surface area (Å²) in [6.07, 6.45) is 0. The fourth-order valence-electron chi connectivity index (χ4n) is 4.40. The van der Waals surface area contributed by atoms with Crippen molar-refractivity contribution in [3.05, 3.63) is 101 Å². The van der Waals surface area contributed by atoms with Crippen LogP contribution in [0.4, 0.5) is 14.5 Å². The summed E-state index contributed by atoms with van der Waals surface area (Å²) in [6, 6.07) is 17.8. The number of hydrogen-bond acceptors (Lipinski definition) is 3. The SMILES string of the molecule is Cc1ccc(CN2C(=O)[C@@]3(SCCN3C(=O)c3ccccc3F)c3cc(F)ccc32)cc1. The molecule has 162 valence electrons. The maximum Gasteiger partial charge on any atom is 0.268 e. The molecule has 4 nitrogen and oxygen atoms in total. The van der Waals surface area contributed by atoms with E-state index in [0.29, 0.717) is 23.5 Å². The van der Waals surface area contributed by atoms with Crippen LogP contribution >= 0.6 is 11.8 Å². The normalized spacial score (nSPS) is 19.7. The molecule has 0 saturated carbocycles. The van der Waals surface area contributed by atoms with Crippen LogP contribution < -0.4 is 4.90 Å². The highest BCUT2D eigenvalue weighted by atomic mass is 32.2. The molecule has 5 rings (SSSR count). The third-order valence-corrected chi connectivity index (χ3v) is 7.39. The molecule has 7 heteroatoms. The molecule has 0 N–H and O–H groups in total. The van der Waals surface area contributed by atoms with Crippen molar-refractivity contribution in [2.45, 2.75) is 18.3 Å². The predicted octanol–water partition coefficient (Wildman–Crippen LogP) is 4.86. The molecule has 2 amide bonds. The summed E-state index contributed by atoms with van der Waals surface area (Å²) in [4.78, 5) is 28.9. The van der Waals surface area contributed by atoms with Gasteiger partial charge in [-0.05, 0) is 42.8 Å². The molecule has 0 radical (unpaired) electrons. The monoisotopic (exact) mass is 450 g/mol. The topological polar surface area (TPSA) is 40.6 Å². The summed E-state index contributed by atoms with van der Waals surface area (Å²) in [5, 5.41) is 0. The van der Waals surface area contributed by atoms with Gasteiger partial charge >= 0.3 is 0 Å². The van der Waals surface area contributed by atoms with Crippen molar-refractivity contribution >= 4 is 29.3 Å². The van der Waals surface area contributed by atoms with E-state index in [1.54, 1.807) is 17.0 Å². The van der Waals surface area contributed by atoms with Crippen LogP contribution in [0.5, 0.6) is 0 Å². The Kier molecular flexibility index (Phi) is 5.01. The quantitative estimate of drug-likeness (QED) is 0.572. The van der Waals surface area contributed by atoms with Gasteiger partial charge in [0, 0.05) is 17.9 Å². The van der Waals surface area contributed by atoms with Gasteiger partial charge in [-0.15, -0.1) is 11.8 Å². The summed E-state index contributed by atoms with van der Waals surface area (Å²) in [6.45, 7) is 2.54. The van der Waals surface area contributed by atoms with E-state index in [0.717, 1.165) is 11.1 Å². The first kappa shape index (κ1) is 20.7. The van der Waals surface area contributed by atoms with Crippen LogP contribution in [0.15, 0.2) is 66.7 Å². The Morgan fingerprint density at radius 2 is 1.81 bits per heavy atom. The first-order chi connectivity index (χ1) is 15.4. The van der Waals surface area contributed by atoms with Gasteiger partial charge in [0.25, 0.3) is 11.8 Å². The zero-order valence-corrected chi connectivity index (χ0v) is 18.2. The summed E-state index contributed by atoms with van der Waals surface area (Å²) in [5.74, 6) is -1.54. The van der Waals surface area contributed by atoms with Gasteiger partial charge < -0.3 is 9.80 Å². The van der Waals surface area contributed by atoms with Crippen LogP contribution in [-0.4, -0.2) is 29.0 Å². The van der Waals surface area contributed by atoms with Gasteiger partial charge in [0.15, 0.2) is 4.87 Å². The third kappa shape index (κ3) is 3.11. The Balaban J connectivity index is 1.60. The van der Waals surface area contributed by atoms with E-state index in [1.165, 1.54) is 47.0 Å². The van der Waals surface area contributed by atoms with Crippen molar-refractivity contribution < 1.29 is 18.4 Å². The lowest BCUT2D eigenvalue weighted by molar-refractivity contribution is -0.123. The second-order valence-electron chi connectivity index (χ2n) is 7.97. The molecule has 3 aromatic carbocycles. The highest BCUT2D eigenvalue weighted by Crippen LogP contribution is 2.55. The van der Waals surface area contributed by atoms with Crippen molar-refractivity contribution in [1.82, 2.24) is 4.90 Å². The largest absolute Gasteiger partial charge is 0.311 e. The van der Waals surface area contributed by atoms with Gasteiger partial charge in [0.1, 0.15) is 11.6 Å². The average Bonchev–Trinajstić information content (AvgIpc) is 3.32. The van der Waals surface area contributed by atoms with Crippen molar-refractivity contribution in [2.75, 3.05) is 17.2 Å². The van der Waals surface area contributed by atoms with Gasteiger partial charge in [0.2, 0.25) is 0 Å². The Morgan fingerprint density at radius 1 is 1.06 bits per heavy atom. The molecule has 2 aliphatic rings. The highest BCUT2D eigenvalue weighted by molar-refractivity contribution is 8.01. The molecule has 1 saturated heterocycles. The molecule has 0 aliphatic carbocycles. The number of nitrogens with zero attached hydrogens (tertiary/aromatic N) is 2. The van der Waals surface area contributed by atoms with E-state index in [-0.39, 0.29) is 18.0 Å². The van der Waals surface area contributed by atoms with Crippen LogP contribution in [0.1, 0.15) is 27.0 Å². The fraction of sp³-hybridized carbons (Fsp3) is 0.200. The number of benzene rings is 3. The summed E-state index contributed by atoms with van der Waals surface area (Å²) in [7, 11) is 0. The number of hydrogen-bond donors (Lipinski definition) is 0. The molecule has 2 heterocycles. The number of amides is 2. The zero-order valence-electron chi connectivity index (χ0n) is 17.3. The average molecular weight is 451 g/mol. The molecule has 0 bridgehead atoms. The van der Waals surface area contributed by atoms with E-state index in [1.807, 2.05) is 31.2 Å². The van der Waals surface area contributed by atoms with Crippen LogP contribution in [0, 0.1) is 18.6 Å². The van der Waals surface area contributed by atoms with Gasteiger partial charge in [-0.3, -0.25) is 9.59 Å². The molecule has 1 atom stereocenters. The van der Waals surface area contributed by atoms with E-state index in [2.05, 4.69) is 0 Å². The molecule has 0 unspecified atom stereocenters. The van der Waals surface area contributed by atoms with Crippen molar-refractivity contribution in [2.24, 2.45) is 0 Å². The number of carbonyl (C=O) groups is 2. The summed E-state index contributed by atoms with van der Waals surface area (Å²) < 4.78 is 28.7. The number of carbonyl (C=O) groups excluding carboxylic acids is 2. The van der Waals surface area contributed by atoms with E-state index in [4.69, 9.17) is 0 Å². The van der Waals surface area contributed by atoms with Crippen molar-refractivity contribution in [3.63, 3.8) is 0 Å². The van der Waals surface area contributed by atoms with Gasteiger partial charge in [-0.1, -0.05) is 42.0 Å². The Hall–Kier alpha value is -3.19. The van der Waals surface area contributed by atoms with Gasteiger partial charge in [-0.25, -0.2) is 8.78 Å². The molecular weight excluding hydrogens is 430 g/mol. The van der Waals surface area contributed by atoms with E-state index >= 15 is 0 Å². The van der Waals surface area contributed by atoms with Gasteiger partial charge in [-0.2, -0.15) is 0 Å². The maximum atomic E-state index is 14.4. The minimum Gasteiger partial charge on any atom is -0.311 e. The zero-order chi connectivity index (χ0) is 22.5. The number of aryl methyl sites for hydroxylation is 1.